The van der Waals surface area contributed by atoms with Crippen LogP contribution in [0.15, 0.2) is 440 Å². The van der Waals surface area contributed by atoms with Crippen LogP contribution in [0.2, 0.25) is 0 Å². The van der Waals surface area contributed by atoms with E-state index in [1.165, 1.54) is 170 Å². The van der Waals surface area contributed by atoms with Crippen molar-refractivity contribution >= 4 is 80.3 Å². The standard InChI is InChI=1S/C14H23N.5C12H10N2O2.C7H9N.C7H7N.C5H5N.3C5H8O2.3Cr.2Cu.H2O/c1-3-5-7-13(8-6-4-2)14-9-11-15-12-10-14;5*15-11-7-3-1-5-9(11)13-14-10-6-2-4-8-12(10)16;2*1-2-7-3-5-8-6-4-7;1-2-4-6-5-3-1;3*1-4(6)3-5(2)7;;;;;;/h9-13H,3-8H2,1-2H3;5*1-8,15-16H;3-6H,2H2,1H3;2-6H,1H2;1-5H;3*3,6H,1-2H3;;;;;;1H2. The average Bonchev–Trinajstić information content (AvgIpc) is 0.848. The predicted molar refractivity (Wildman–Crippen MR) is 545 cm³/mol. The number of aromatic hydroxyl groups is 10. The fraction of sp³-hybridized carbons (Fsp3) is 0.157. The summed E-state index contributed by atoms with van der Waals surface area (Å²) in [5, 5.41) is 158. The van der Waals surface area contributed by atoms with E-state index in [0.29, 0.717) is 56.9 Å². The van der Waals surface area contributed by atoms with Crippen LogP contribution >= 0.6 is 0 Å². The van der Waals surface area contributed by atoms with Gasteiger partial charge in [0, 0.05) is 154 Å². The van der Waals surface area contributed by atoms with E-state index in [1.54, 1.807) is 213 Å². The molecule has 0 bridgehead atoms. The van der Waals surface area contributed by atoms with Gasteiger partial charge in [0.15, 0.2) is 17.3 Å². The summed E-state index contributed by atoms with van der Waals surface area (Å²) in [6.45, 7) is 18.8. The SMILES string of the molecule is C=Cc1ccncc1.CC(=O)C=C(C)O.CC(=O)C=C(C)O.CC(=O)C=C(C)O.CCCCC(CCCC)c1ccncc1.CCc1ccncc1.O.Oc1ccccc1N=Nc1ccccc1O.Oc1ccccc1N=Nc1ccccc1O.Oc1ccccc1N=Nc1ccccc1O.Oc1ccccc1N=Nc1ccccc1O.Oc1ccccc1N=Nc1ccccc1O.[Cr].[Cr].[Cr].[Cu].[Cu].c1ccncc1. The van der Waals surface area contributed by atoms with Gasteiger partial charge in [-0.3, -0.25) is 34.3 Å². The maximum Gasteiger partial charge on any atom is 0.155 e. The normalized spacial score (nSPS) is 10.1. The van der Waals surface area contributed by atoms with E-state index in [9.17, 15) is 65.4 Å². The number of ketones is 3. The molecule has 764 valence electrons. The van der Waals surface area contributed by atoms with Crippen molar-refractivity contribution in [2.24, 2.45) is 51.1 Å². The number of aliphatic hydroxyl groups excluding tert-OH is 3. The summed E-state index contributed by atoms with van der Waals surface area (Å²) in [6.07, 6.45) is 28.8. The molecular formula is C108H120Cr3Cu2N14O17. The molecule has 0 aliphatic carbocycles. The zero-order valence-corrected chi connectivity index (χ0v) is 86.3. The first-order valence-electron chi connectivity index (χ1n) is 43.2. The minimum atomic E-state index is -0.125. The molecule has 144 heavy (non-hydrogen) atoms. The summed E-state index contributed by atoms with van der Waals surface area (Å²) in [5.74, 6) is 1.14. The number of carbonyl (C=O) groups is 3. The van der Waals surface area contributed by atoms with Crippen LogP contribution in [-0.2, 0) is 107 Å². The summed E-state index contributed by atoms with van der Waals surface area (Å²) >= 11 is 0. The summed E-state index contributed by atoms with van der Waals surface area (Å²) in [7, 11) is 0. The van der Waals surface area contributed by atoms with Crippen LogP contribution in [0.4, 0.5) is 56.9 Å². The molecule has 36 heteroatoms. The van der Waals surface area contributed by atoms with Crippen LogP contribution < -0.4 is 0 Å². The molecule has 0 amide bonds. The molecule has 0 saturated heterocycles. The smallest absolute Gasteiger partial charge is 0.155 e. The van der Waals surface area contributed by atoms with Gasteiger partial charge < -0.3 is 71.9 Å². The topological polar surface area (TPSA) is 521 Å². The third kappa shape index (κ3) is 63.5. The Bertz CT molecular complexity index is 5240. The molecule has 0 aliphatic rings. The van der Waals surface area contributed by atoms with Gasteiger partial charge in [0.25, 0.3) is 0 Å². The summed E-state index contributed by atoms with van der Waals surface area (Å²) in [6, 6.07) is 84.1. The Hall–Kier alpha value is -15.2. The van der Waals surface area contributed by atoms with Crippen molar-refractivity contribution in [2.45, 2.75) is 113 Å². The molecule has 0 spiro atoms. The minimum absolute atomic E-state index is 0. The Morgan fingerprint density at radius 1 is 0.278 bits per heavy atom. The van der Waals surface area contributed by atoms with E-state index in [4.69, 9.17) is 15.3 Å². The van der Waals surface area contributed by atoms with E-state index in [2.05, 4.69) is 111 Å². The molecule has 0 fully saturated rings. The van der Waals surface area contributed by atoms with Crippen LogP contribution in [-0.4, -0.2) is 109 Å². The van der Waals surface area contributed by atoms with Crippen molar-refractivity contribution in [3.05, 3.63) is 406 Å². The quantitative estimate of drug-likeness (QED) is 0.0130. The molecule has 4 heterocycles. The summed E-state index contributed by atoms with van der Waals surface area (Å²) in [4.78, 5) is 45.7. The fourth-order valence-electron chi connectivity index (χ4n) is 10.4. The van der Waals surface area contributed by atoms with Gasteiger partial charge in [-0.1, -0.05) is 187 Å². The van der Waals surface area contributed by atoms with Gasteiger partial charge in [-0.15, -0.1) is 51.1 Å². The van der Waals surface area contributed by atoms with E-state index >= 15 is 0 Å². The predicted octanol–water partition coefficient (Wildman–Crippen LogP) is 28.8. The first-order chi connectivity index (χ1) is 66.5. The Balaban J connectivity index is -0.000000751. The Kier molecular flexibility index (Phi) is 78.3. The number of benzene rings is 10. The number of aryl methyl sites for hydroxylation is 1. The van der Waals surface area contributed by atoms with Crippen LogP contribution in [0.5, 0.6) is 57.5 Å². The number of pyridine rings is 4. The molecule has 4 aromatic heterocycles. The van der Waals surface area contributed by atoms with Crippen LogP contribution in [0.1, 0.15) is 123 Å². The number of para-hydroxylation sites is 10. The molecule has 0 atom stereocenters. The van der Waals surface area contributed by atoms with Gasteiger partial charge in [0.05, 0.1) is 17.3 Å². The van der Waals surface area contributed by atoms with Crippen molar-refractivity contribution < 1.29 is 172 Å². The second-order valence-electron chi connectivity index (χ2n) is 28.6. The number of rotatable bonds is 22. The number of hydrogen-bond acceptors (Lipinski definition) is 30. The number of allylic oxidation sites excluding steroid dienone is 6. The maximum absolute atomic E-state index is 10.0. The van der Waals surface area contributed by atoms with Crippen LogP contribution in [0.25, 0.3) is 6.08 Å². The Morgan fingerprint density at radius 2 is 0.458 bits per heavy atom. The number of phenols is 10. The van der Waals surface area contributed by atoms with Crippen molar-refractivity contribution in [1.29, 1.82) is 0 Å². The van der Waals surface area contributed by atoms with Crippen molar-refractivity contribution in [3.8, 4) is 57.5 Å². The summed E-state index contributed by atoms with van der Waals surface area (Å²) in [5.41, 5.74) is 7.60. The van der Waals surface area contributed by atoms with Crippen molar-refractivity contribution in [2.75, 3.05) is 0 Å². The Morgan fingerprint density at radius 3 is 0.583 bits per heavy atom. The number of nitrogens with zero attached hydrogens (tertiary/aromatic N) is 14. The first kappa shape index (κ1) is 135. The van der Waals surface area contributed by atoms with E-state index < -0.39 is 0 Å². The van der Waals surface area contributed by atoms with Gasteiger partial charge in [-0.05, 0) is 253 Å². The Labute approximate surface area is 893 Å². The number of hydrogen-bond donors (Lipinski definition) is 13. The molecular weight excluding hydrogens is 2050 g/mol. The van der Waals surface area contributed by atoms with Gasteiger partial charge in [0.1, 0.15) is 114 Å². The number of carbonyl (C=O) groups excluding carboxylic acids is 3. The molecule has 15 N–H and O–H groups in total. The molecule has 14 rings (SSSR count). The third-order valence-corrected chi connectivity index (χ3v) is 17.0. The van der Waals surface area contributed by atoms with Crippen molar-refractivity contribution in [3.63, 3.8) is 0 Å². The van der Waals surface area contributed by atoms with E-state index in [0.717, 1.165) is 17.9 Å². The number of phenolic OH excluding ortho intramolecular Hbond substituents is 10. The molecule has 14 aromatic rings. The van der Waals surface area contributed by atoms with Crippen LogP contribution in [0, 0.1) is 0 Å². The number of unbranched alkanes of at least 4 members (excludes halogenated alkanes) is 2. The maximum atomic E-state index is 10.0. The largest absolute Gasteiger partial charge is 0.512 e. The minimum Gasteiger partial charge on any atom is -0.512 e. The third-order valence-electron chi connectivity index (χ3n) is 17.0. The zero-order valence-electron chi connectivity index (χ0n) is 80.6. The molecule has 0 unspecified atom stereocenters. The van der Waals surface area contributed by atoms with Gasteiger partial charge in [-0.2, -0.15) is 0 Å². The number of azo groups is 5. The van der Waals surface area contributed by atoms with Gasteiger partial charge >= 0.3 is 0 Å². The monoisotopic (exact) mass is 2170 g/mol. The molecule has 10 aromatic carbocycles. The van der Waals surface area contributed by atoms with Crippen LogP contribution in [0.3, 0.4) is 0 Å². The number of aliphatic hydroxyl groups is 3. The first-order valence-corrected chi connectivity index (χ1v) is 43.2. The van der Waals surface area contributed by atoms with Crippen molar-refractivity contribution in [1.82, 2.24) is 19.9 Å². The van der Waals surface area contributed by atoms with E-state index in [-0.39, 0.29) is 184 Å². The van der Waals surface area contributed by atoms with Gasteiger partial charge in [0.2, 0.25) is 0 Å². The van der Waals surface area contributed by atoms with E-state index in [1.807, 2.05) is 67.3 Å². The summed E-state index contributed by atoms with van der Waals surface area (Å²) < 4.78 is 0. The van der Waals surface area contributed by atoms with Gasteiger partial charge in [-0.25, -0.2) is 0 Å². The molecule has 0 saturated carbocycles. The molecule has 0 aliphatic heterocycles. The average molecular weight is 2170 g/mol. The number of aromatic nitrogens is 4. The fourth-order valence-corrected chi connectivity index (χ4v) is 10.4. The second-order valence-corrected chi connectivity index (χ2v) is 28.6. The molecule has 2 radical (unpaired) electrons. The molecule has 31 nitrogen and oxygen atoms in total. The zero-order chi connectivity index (χ0) is 101. The second kappa shape index (κ2) is 83.5.